The van der Waals surface area contributed by atoms with Gasteiger partial charge in [-0.15, -0.1) is 10.2 Å². The van der Waals surface area contributed by atoms with Crippen LogP contribution in [0.25, 0.3) is 0 Å². The molecular weight excluding hydrogens is 238 g/mol. The van der Waals surface area contributed by atoms with Gasteiger partial charge in [-0.05, 0) is 37.9 Å². The number of likely N-dealkylation sites (N-methyl/N-ethyl adjacent to an activating group) is 1. The number of pyridine rings is 1. The van der Waals surface area contributed by atoms with E-state index in [1.807, 2.05) is 25.1 Å². The molecule has 2 aromatic heterocycles. The molecule has 0 fully saturated rings. The van der Waals surface area contributed by atoms with Crippen LogP contribution in [-0.2, 0) is 13.1 Å². The number of fused-ring (bicyclic) bond motifs is 1. The predicted octanol–water partition coefficient (Wildman–Crippen LogP) is 0.827. The minimum absolute atomic E-state index is 0.728. The first-order chi connectivity index (χ1) is 9.22. The van der Waals surface area contributed by atoms with Crippen molar-refractivity contribution in [3.8, 4) is 11.8 Å². The van der Waals surface area contributed by atoms with Gasteiger partial charge in [0, 0.05) is 18.8 Å². The summed E-state index contributed by atoms with van der Waals surface area (Å²) >= 11 is 0. The van der Waals surface area contributed by atoms with Gasteiger partial charge in [-0.1, -0.05) is 6.07 Å². The van der Waals surface area contributed by atoms with Crippen molar-refractivity contribution in [3.05, 3.63) is 41.2 Å². The maximum atomic E-state index is 4.36. The zero-order valence-electron chi connectivity index (χ0n) is 11.1. The standard InChI is InChI=1S/C14H15N5/c1-11-4-3-5-12(15-11)6-7-13-16-17-14-10-18(2)8-9-19(13)14/h3-5H,8-10H2,1-2H3. The van der Waals surface area contributed by atoms with Crippen molar-refractivity contribution in [1.29, 1.82) is 0 Å². The summed E-state index contributed by atoms with van der Waals surface area (Å²) in [6, 6.07) is 5.82. The molecule has 3 rings (SSSR count). The van der Waals surface area contributed by atoms with Gasteiger partial charge in [0.05, 0.1) is 6.54 Å². The third kappa shape index (κ3) is 2.49. The summed E-state index contributed by atoms with van der Waals surface area (Å²) in [5.41, 5.74) is 1.74. The molecule has 0 saturated carbocycles. The Kier molecular flexibility index (Phi) is 3.02. The lowest BCUT2D eigenvalue weighted by molar-refractivity contribution is 0.264. The van der Waals surface area contributed by atoms with Gasteiger partial charge in [-0.25, -0.2) is 4.98 Å². The second-order valence-electron chi connectivity index (χ2n) is 4.74. The van der Waals surface area contributed by atoms with Crippen LogP contribution in [0.1, 0.15) is 23.0 Å². The Morgan fingerprint density at radius 2 is 2.05 bits per heavy atom. The highest BCUT2D eigenvalue weighted by atomic mass is 15.3. The summed E-state index contributed by atoms with van der Waals surface area (Å²) in [7, 11) is 2.08. The average molecular weight is 253 g/mol. The molecule has 0 unspecified atom stereocenters. The summed E-state index contributed by atoms with van der Waals surface area (Å²) in [4.78, 5) is 6.58. The molecule has 0 bridgehead atoms. The largest absolute Gasteiger partial charge is 0.302 e. The van der Waals surface area contributed by atoms with Crippen molar-refractivity contribution in [3.63, 3.8) is 0 Å². The number of rotatable bonds is 0. The van der Waals surface area contributed by atoms with Gasteiger partial charge in [0.1, 0.15) is 11.5 Å². The number of hydrogen-bond acceptors (Lipinski definition) is 4. The molecule has 0 saturated heterocycles. The second-order valence-corrected chi connectivity index (χ2v) is 4.74. The molecule has 0 spiro atoms. The molecule has 19 heavy (non-hydrogen) atoms. The van der Waals surface area contributed by atoms with Crippen LogP contribution in [0.3, 0.4) is 0 Å². The Balaban J connectivity index is 1.89. The number of nitrogens with zero attached hydrogens (tertiary/aromatic N) is 5. The maximum Gasteiger partial charge on any atom is 0.208 e. The molecular formula is C14H15N5. The third-order valence-electron chi connectivity index (χ3n) is 3.13. The van der Waals surface area contributed by atoms with Gasteiger partial charge in [-0.3, -0.25) is 4.90 Å². The quantitative estimate of drug-likeness (QED) is 0.652. The molecule has 0 aliphatic carbocycles. The van der Waals surface area contributed by atoms with E-state index in [-0.39, 0.29) is 0 Å². The molecule has 96 valence electrons. The zero-order valence-corrected chi connectivity index (χ0v) is 11.1. The van der Waals surface area contributed by atoms with Crippen molar-refractivity contribution in [2.75, 3.05) is 13.6 Å². The van der Waals surface area contributed by atoms with Crippen LogP contribution in [-0.4, -0.2) is 38.2 Å². The fraction of sp³-hybridized carbons (Fsp3) is 0.357. The van der Waals surface area contributed by atoms with Crippen LogP contribution in [0.5, 0.6) is 0 Å². The lowest BCUT2D eigenvalue weighted by atomic mass is 10.3. The second kappa shape index (κ2) is 4.82. The van der Waals surface area contributed by atoms with E-state index in [0.717, 1.165) is 42.7 Å². The number of aryl methyl sites for hydroxylation is 1. The van der Waals surface area contributed by atoms with Crippen LogP contribution >= 0.6 is 0 Å². The fourth-order valence-corrected chi connectivity index (χ4v) is 2.10. The van der Waals surface area contributed by atoms with Crippen molar-refractivity contribution in [2.45, 2.75) is 20.0 Å². The molecule has 3 heterocycles. The molecule has 0 aromatic carbocycles. The van der Waals surface area contributed by atoms with Crippen molar-refractivity contribution >= 4 is 0 Å². The van der Waals surface area contributed by atoms with Crippen molar-refractivity contribution in [1.82, 2.24) is 24.6 Å². The first kappa shape index (κ1) is 11.9. The lowest BCUT2D eigenvalue weighted by Gasteiger charge is -2.22. The monoisotopic (exact) mass is 253 g/mol. The van der Waals surface area contributed by atoms with E-state index in [1.165, 1.54) is 0 Å². The molecule has 0 radical (unpaired) electrons. The summed E-state index contributed by atoms with van der Waals surface area (Å²) in [5, 5.41) is 8.34. The van der Waals surface area contributed by atoms with E-state index in [4.69, 9.17) is 0 Å². The molecule has 0 N–H and O–H groups in total. The molecule has 0 atom stereocenters. The normalized spacial score (nSPS) is 14.6. The van der Waals surface area contributed by atoms with Gasteiger partial charge in [0.25, 0.3) is 0 Å². The molecule has 0 amide bonds. The highest BCUT2D eigenvalue weighted by molar-refractivity contribution is 5.34. The predicted molar refractivity (Wildman–Crippen MR) is 71.3 cm³/mol. The smallest absolute Gasteiger partial charge is 0.208 e. The van der Waals surface area contributed by atoms with Gasteiger partial charge in [0.15, 0.2) is 0 Å². The first-order valence-electron chi connectivity index (χ1n) is 6.29. The number of aromatic nitrogens is 4. The highest BCUT2D eigenvalue weighted by Crippen LogP contribution is 2.09. The molecule has 1 aliphatic heterocycles. The van der Waals surface area contributed by atoms with E-state index in [2.05, 4.69) is 43.5 Å². The highest BCUT2D eigenvalue weighted by Gasteiger charge is 2.17. The van der Waals surface area contributed by atoms with Crippen LogP contribution in [0.2, 0.25) is 0 Å². The lowest BCUT2D eigenvalue weighted by Crippen LogP contribution is -2.30. The number of hydrogen-bond donors (Lipinski definition) is 0. The zero-order chi connectivity index (χ0) is 13.2. The fourth-order valence-electron chi connectivity index (χ4n) is 2.10. The Morgan fingerprint density at radius 3 is 2.89 bits per heavy atom. The van der Waals surface area contributed by atoms with Gasteiger partial charge < -0.3 is 4.57 Å². The van der Waals surface area contributed by atoms with Crippen molar-refractivity contribution in [2.24, 2.45) is 0 Å². The topological polar surface area (TPSA) is 46.8 Å². The van der Waals surface area contributed by atoms with E-state index in [1.54, 1.807) is 0 Å². The minimum Gasteiger partial charge on any atom is -0.302 e. The molecule has 5 nitrogen and oxygen atoms in total. The Labute approximate surface area is 112 Å². The third-order valence-corrected chi connectivity index (χ3v) is 3.13. The SMILES string of the molecule is Cc1cccc(C#Cc2nnc3n2CCN(C)C3)n1. The van der Waals surface area contributed by atoms with Crippen LogP contribution in [0.4, 0.5) is 0 Å². The minimum atomic E-state index is 0.728. The van der Waals surface area contributed by atoms with Crippen LogP contribution in [0, 0.1) is 18.8 Å². The maximum absolute atomic E-state index is 4.36. The van der Waals surface area contributed by atoms with Crippen LogP contribution < -0.4 is 0 Å². The Bertz CT molecular complexity index is 662. The Hall–Kier alpha value is -2.19. The molecule has 5 heteroatoms. The van der Waals surface area contributed by atoms with E-state index < -0.39 is 0 Å². The van der Waals surface area contributed by atoms with Crippen molar-refractivity contribution < 1.29 is 0 Å². The van der Waals surface area contributed by atoms with E-state index >= 15 is 0 Å². The van der Waals surface area contributed by atoms with E-state index in [0.29, 0.717) is 0 Å². The van der Waals surface area contributed by atoms with Crippen LogP contribution in [0.15, 0.2) is 18.2 Å². The van der Waals surface area contributed by atoms with E-state index in [9.17, 15) is 0 Å². The van der Waals surface area contributed by atoms with Gasteiger partial charge in [-0.2, -0.15) is 0 Å². The van der Waals surface area contributed by atoms with Gasteiger partial charge in [0.2, 0.25) is 5.82 Å². The Morgan fingerprint density at radius 1 is 1.16 bits per heavy atom. The molecule has 1 aliphatic rings. The van der Waals surface area contributed by atoms with Gasteiger partial charge >= 0.3 is 0 Å². The summed E-state index contributed by atoms with van der Waals surface area (Å²) in [5.74, 6) is 7.83. The summed E-state index contributed by atoms with van der Waals surface area (Å²) in [6.07, 6.45) is 0. The first-order valence-corrected chi connectivity index (χ1v) is 6.29. The average Bonchev–Trinajstić information content (AvgIpc) is 2.78. The summed E-state index contributed by atoms with van der Waals surface area (Å²) in [6.45, 7) is 4.68. The molecule has 2 aromatic rings. The summed E-state index contributed by atoms with van der Waals surface area (Å²) < 4.78 is 2.09.